The van der Waals surface area contributed by atoms with Crippen LogP contribution in [0.1, 0.15) is 119 Å². The highest BCUT2D eigenvalue weighted by atomic mass is 16.4. The molecule has 0 bridgehead atoms. The quantitative estimate of drug-likeness (QED) is 0.0409. The van der Waals surface area contributed by atoms with Gasteiger partial charge in [0.25, 0.3) is 0 Å². The fourth-order valence-corrected chi connectivity index (χ4v) is 8.19. The van der Waals surface area contributed by atoms with Crippen LogP contribution >= 0.6 is 0 Å². The summed E-state index contributed by atoms with van der Waals surface area (Å²) in [6.07, 6.45) is -0.293. The maximum atomic E-state index is 14.6. The summed E-state index contributed by atoms with van der Waals surface area (Å²) in [5.41, 5.74) is 12.1. The molecule has 0 unspecified atom stereocenters. The van der Waals surface area contributed by atoms with Crippen LogP contribution in [0.3, 0.4) is 0 Å². The normalized spacial score (nSPS) is 17.0. The van der Waals surface area contributed by atoms with Crippen molar-refractivity contribution in [3.8, 4) is 0 Å². The molecule has 1 aromatic carbocycles. The van der Waals surface area contributed by atoms with Crippen LogP contribution in [0.2, 0.25) is 0 Å². The maximum Gasteiger partial charge on any atom is 0.326 e. The first kappa shape index (κ1) is 63.4. The summed E-state index contributed by atoms with van der Waals surface area (Å²) in [4.78, 5) is 147. The van der Waals surface area contributed by atoms with Gasteiger partial charge >= 0.3 is 11.9 Å². The van der Waals surface area contributed by atoms with Gasteiger partial charge in [-0.1, -0.05) is 92.1 Å². The Kier molecular flexibility index (Phi) is 26.7. The van der Waals surface area contributed by atoms with E-state index in [-0.39, 0.29) is 69.7 Å². The molecule has 1 aliphatic rings. The summed E-state index contributed by atoms with van der Waals surface area (Å²) < 4.78 is 0. The second kappa shape index (κ2) is 31.1. The van der Waals surface area contributed by atoms with Crippen LogP contribution in [0.5, 0.6) is 0 Å². The topological polar surface area (TPSA) is 388 Å². The first-order valence-electron chi connectivity index (χ1n) is 25.3. The zero-order valence-corrected chi connectivity index (χ0v) is 43.8. The summed E-state index contributed by atoms with van der Waals surface area (Å²) >= 11 is 0. The lowest BCUT2D eigenvalue weighted by Gasteiger charge is -2.31. The fourth-order valence-electron chi connectivity index (χ4n) is 8.19. The third kappa shape index (κ3) is 21.0. The van der Waals surface area contributed by atoms with Gasteiger partial charge in [0.05, 0.1) is 12.6 Å². The zero-order valence-electron chi connectivity index (χ0n) is 43.8. The summed E-state index contributed by atoms with van der Waals surface area (Å²) in [6, 6.07) is -3.15. The van der Waals surface area contributed by atoms with Gasteiger partial charge in [0.15, 0.2) is 0 Å². The highest BCUT2D eigenvalue weighted by Crippen LogP contribution is 2.21. The number of nitrogens with one attached hydrogen (secondary N) is 7. The van der Waals surface area contributed by atoms with Gasteiger partial charge in [-0.15, -0.1) is 0 Å². The Labute approximate surface area is 432 Å². The number of primary amides is 1. The minimum Gasteiger partial charge on any atom is -0.481 e. The van der Waals surface area contributed by atoms with Crippen molar-refractivity contribution >= 4 is 65.1 Å². The van der Waals surface area contributed by atoms with Crippen LogP contribution in [-0.4, -0.2) is 153 Å². The Balaban J connectivity index is 2.41. The molecule has 0 aromatic heterocycles. The van der Waals surface area contributed by atoms with Crippen LogP contribution in [-0.2, 0) is 59.2 Å². The second-order valence-electron chi connectivity index (χ2n) is 20.1. The Morgan fingerprint density at radius 3 is 1.66 bits per heavy atom. The molecule has 1 aliphatic heterocycles. The molecule has 0 spiro atoms. The van der Waals surface area contributed by atoms with Crippen LogP contribution in [0, 0.1) is 23.7 Å². The van der Waals surface area contributed by atoms with Gasteiger partial charge in [-0.2, -0.15) is 0 Å². The molecule has 1 aromatic rings. The van der Waals surface area contributed by atoms with E-state index in [9.17, 15) is 63.0 Å². The molecule has 1 saturated heterocycles. The smallest absolute Gasteiger partial charge is 0.326 e. The van der Waals surface area contributed by atoms with E-state index in [4.69, 9.17) is 16.6 Å². The number of aliphatic carboxylic acids is 2. The van der Waals surface area contributed by atoms with Crippen molar-refractivity contribution in [2.24, 2.45) is 35.1 Å². The summed E-state index contributed by atoms with van der Waals surface area (Å²) in [6.45, 7) is 12.8. The predicted octanol–water partition coefficient (Wildman–Crippen LogP) is -1.06. The van der Waals surface area contributed by atoms with Gasteiger partial charge < -0.3 is 68.9 Å². The van der Waals surface area contributed by atoms with Crippen LogP contribution in [0.15, 0.2) is 30.3 Å². The SMILES string of the molecule is CC[C@H](C)[C@H](NC(=O)[C@H](CC(C)C)NC(=O)[C@H](CCC(N)=O)NC(=O)[C@@H]1CCCN1C(=O)[C@H](Cc1ccccc1)NC(=O)[C@H](CC(C)C)NC(=O)[C@@H](N)CCC(=O)O)C(=O)N[C@@H](CO)C(=O)N[C@H](C(=O)O)C(C)C. The standard InChI is InChI=1S/C50H80N10O14/c1-9-29(8)41(48(71)57-36(25-61)46(69)58-40(28(6)7)50(73)74)59-45(68)34(23-27(4)5)55-43(66)32(18-19-38(52)62)53-47(70)37-16-13-21-60(37)49(72)35(24-30-14-11-10-12-15-30)56-44(67)33(22-26(2)3)54-42(65)31(51)17-20-39(63)64/h10-12,14-15,26-29,31-37,40-41,61H,9,13,16-25,51H2,1-8H3,(H2,52,62)(H,53,70)(H,54,65)(H,55,66)(H,56,67)(H,57,71)(H,58,69)(H,59,68)(H,63,64)(H,73,74)/t29-,31-,32-,33-,34-,35-,36-,37-,40-,41-/m0/s1. The van der Waals surface area contributed by atoms with Crippen LogP contribution < -0.4 is 48.7 Å². The average Bonchev–Trinajstić information content (AvgIpc) is 3.83. The fraction of sp³-hybridized carbons (Fsp3) is 0.660. The maximum absolute atomic E-state index is 14.6. The third-order valence-electron chi connectivity index (χ3n) is 12.6. The lowest BCUT2D eigenvalue weighted by atomic mass is 9.96. The number of amides is 9. The van der Waals surface area contributed by atoms with E-state index >= 15 is 0 Å². The van der Waals surface area contributed by atoms with Gasteiger partial charge in [0.2, 0.25) is 53.2 Å². The van der Waals surface area contributed by atoms with Crippen LogP contribution in [0.25, 0.3) is 0 Å². The number of aliphatic hydroxyl groups is 1. The molecule has 0 radical (unpaired) electrons. The number of likely N-dealkylation sites (tertiary alicyclic amines) is 1. The van der Waals surface area contributed by atoms with Gasteiger partial charge in [-0.25, -0.2) is 4.79 Å². The van der Waals surface area contributed by atoms with Crippen molar-refractivity contribution in [1.82, 2.24) is 42.1 Å². The molecule has 1 heterocycles. The van der Waals surface area contributed by atoms with Crippen molar-refractivity contribution in [3.63, 3.8) is 0 Å². The molecule has 414 valence electrons. The number of carboxylic acid groups (broad SMARTS) is 2. The number of carbonyl (C=O) groups excluding carboxylic acids is 9. The molecular formula is C50H80N10O14. The number of nitrogens with two attached hydrogens (primary N) is 2. The van der Waals surface area contributed by atoms with E-state index in [1.54, 1.807) is 71.9 Å². The molecule has 1 fully saturated rings. The molecule has 74 heavy (non-hydrogen) atoms. The first-order valence-corrected chi connectivity index (χ1v) is 25.3. The number of carboxylic acids is 2. The number of aliphatic hydroxyl groups excluding tert-OH is 1. The Morgan fingerprint density at radius 2 is 1.15 bits per heavy atom. The molecule has 24 nitrogen and oxygen atoms in total. The number of carbonyl (C=O) groups is 11. The summed E-state index contributed by atoms with van der Waals surface area (Å²) in [5, 5.41) is 46.6. The minimum atomic E-state index is -1.59. The summed E-state index contributed by atoms with van der Waals surface area (Å²) in [7, 11) is 0. The first-order chi connectivity index (χ1) is 34.7. The monoisotopic (exact) mass is 1040 g/mol. The van der Waals surface area contributed by atoms with E-state index in [2.05, 4.69) is 37.2 Å². The number of rotatable bonds is 32. The van der Waals surface area contributed by atoms with Crippen molar-refractivity contribution < 1.29 is 68.1 Å². The second-order valence-corrected chi connectivity index (χ2v) is 20.1. The van der Waals surface area contributed by atoms with Crippen molar-refractivity contribution in [2.45, 2.75) is 174 Å². The largest absolute Gasteiger partial charge is 0.481 e. The van der Waals surface area contributed by atoms with Crippen LogP contribution in [0.4, 0.5) is 0 Å². The molecule has 2 rings (SSSR count). The Morgan fingerprint density at radius 1 is 0.635 bits per heavy atom. The van der Waals surface area contributed by atoms with E-state index in [0.717, 1.165) is 0 Å². The van der Waals surface area contributed by atoms with E-state index < -0.39 is 138 Å². The molecule has 10 atom stereocenters. The molecule has 14 N–H and O–H groups in total. The molecular weight excluding hydrogens is 965 g/mol. The van der Waals surface area contributed by atoms with Gasteiger partial charge in [0, 0.05) is 25.8 Å². The molecule has 9 amide bonds. The molecule has 0 aliphatic carbocycles. The molecule has 24 heteroatoms. The van der Waals surface area contributed by atoms with Gasteiger partial charge in [0.1, 0.15) is 48.3 Å². The van der Waals surface area contributed by atoms with E-state index in [1.807, 2.05) is 13.8 Å². The number of hydrogen-bond acceptors (Lipinski definition) is 13. The average molecular weight is 1050 g/mol. The highest BCUT2D eigenvalue weighted by molar-refractivity contribution is 5.98. The van der Waals surface area contributed by atoms with Crippen molar-refractivity contribution in [1.29, 1.82) is 0 Å². The third-order valence-corrected chi connectivity index (χ3v) is 12.6. The number of nitrogens with zero attached hydrogens (tertiary/aromatic N) is 1. The van der Waals surface area contributed by atoms with E-state index in [1.165, 1.54) is 4.90 Å². The van der Waals surface area contributed by atoms with E-state index in [0.29, 0.717) is 18.4 Å². The van der Waals surface area contributed by atoms with Crippen molar-refractivity contribution in [2.75, 3.05) is 13.2 Å². The predicted molar refractivity (Wildman–Crippen MR) is 270 cm³/mol. The Bertz CT molecular complexity index is 2110. The lowest BCUT2D eigenvalue weighted by Crippen LogP contribution is -2.61. The number of benzene rings is 1. The van der Waals surface area contributed by atoms with Gasteiger partial charge in [-0.05, 0) is 67.8 Å². The lowest BCUT2D eigenvalue weighted by molar-refractivity contribution is -0.144. The molecule has 0 saturated carbocycles. The summed E-state index contributed by atoms with van der Waals surface area (Å²) in [5.74, 6) is -11.2. The zero-order chi connectivity index (χ0) is 56.0. The van der Waals surface area contributed by atoms with Crippen molar-refractivity contribution in [3.05, 3.63) is 35.9 Å². The van der Waals surface area contributed by atoms with Gasteiger partial charge in [-0.3, -0.25) is 47.9 Å². The number of hydrogen-bond donors (Lipinski definition) is 12. The minimum absolute atomic E-state index is 0.0228. The highest BCUT2D eigenvalue weighted by Gasteiger charge is 2.41. The Hall–Kier alpha value is -6.69.